The van der Waals surface area contributed by atoms with E-state index < -0.39 is 20.2 Å². The van der Waals surface area contributed by atoms with E-state index >= 15 is 0 Å². The average molecular weight is 259 g/mol. The summed E-state index contributed by atoms with van der Waals surface area (Å²) in [7, 11) is -7.05. The summed E-state index contributed by atoms with van der Waals surface area (Å²) >= 11 is 0. The summed E-state index contributed by atoms with van der Waals surface area (Å²) in [6.07, 6.45) is 0.151. The molecule has 0 saturated carbocycles. The molecule has 0 aromatic rings. The van der Waals surface area contributed by atoms with E-state index in [9.17, 15) is 16.8 Å². The number of hydrogen-bond donors (Lipinski definition) is 3. The topological polar surface area (TPSA) is 118 Å². The van der Waals surface area contributed by atoms with Crippen LogP contribution in [0, 0.1) is 0 Å². The van der Waals surface area contributed by atoms with E-state index in [0.717, 1.165) is 0 Å². The van der Waals surface area contributed by atoms with Gasteiger partial charge in [0.05, 0.1) is 5.75 Å². The molecule has 0 rings (SSSR count). The minimum atomic E-state index is -3.53. The van der Waals surface area contributed by atoms with Gasteiger partial charge in [-0.15, -0.1) is 0 Å². The molecule has 0 aromatic heterocycles. The van der Waals surface area contributed by atoms with Crippen LogP contribution in [-0.2, 0) is 20.2 Å². The molecule has 0 spiro atoms. The van der Waals surface area contributed by atoms with E-state index in [1.807, 2.05) is 0 Å². The molecule has 0 aliphatic heterocycles. The monoisotopic (exact) mass is 259 g/mol. The fraction of sp³-hybridized carbons (Fsp3) is 1.00. The number of rotatable bonds is 7. The zero-order chi connectivity index (χ0) is 12.1. The van der Waals surface area contributed by atoms with Crippen LogP contribution in [0.3, 0.4) is 0 Å². The van der Waals surface area contributed by atoms with Crippen LogP contribution in [0.4, 0.5) is 0 Å². The van der Waals surface area contributed by atoms with Crippen molar-refractivity contribution in [2.45, 2.75) is 26.3 Å². The Bertz CT molecular complexity index is 373. The highest BCUT2D eigenvalue weighted by Gasteiger charge is 2.10. The molecule has 0 heterocycles. The molecule has 7 nitrogen and oxygen atoms in total. The zero-order valence-corrected chi connectivity index (χ0v) is 10.4. The van der Waals surface area contributed by atoms with Gasteiger partial charge in [-0.05, 0) is 20.3 Å². The fourth-order valence-electron chi connectivity index (χ4n) is 0.832. The standard InChI is InChI=1S/C6H17N3O4S2/c1-6(2)9-15(12,13)8-4-3-5-14(7,10)11/h6,8-9H,3-5H2,1-2H3,(H2,7,10,11). The van der Waals surface area contributed by atoms with Crippen molar-refractivity contribution in [3.63, 3.8) is 0 Å². The van der Waals surface area contributed by atoms with Crippen molar-refractivity contribution in [3.8, 4) is 0 Å². The number of nitrogens with one attached hydrogen (secondary N) is 2. The van der Waals surface area contributed by atoms with Gasteiger partial charge in [0, 0.05) is 12.6 Å². The Balaban J connectivity index is 3.87. The van der Waals surface area contributed by atoms with Gasteiger partial charge in [0.2, 0.25) is 10.0 Å². The zero-order valence-electron chi connectivity index (χ0n) is 8.73. The predicted octanol–water partition coefficient (Wildman–Crippen LogP) is -1.50. The van der Waals surface area contributed by atoms with E-state index in [2.05, 4.69) is 9.44 Å². The van der Waals surface area contributed by atoms with Gasteiger partial charge in [0.25, 0.3) is 10.2 Å². The molecule has 0 radical (unpaired) electrons. The molecule has 0 aliphatic carbocycles. The van der Waals surface area contributed by atoms with Crippen molar-refractivity contribution in [1.82, 2.24) is 9.44 Å². The first kappa shape index (κ1) is 14.8. The lowest BCUT2D eigenvalue weighted by molar-refractivity contribution is 0.553. The number of nitrogens with two attached hydrogens (primary N) is 1. The van der Waals surface area contributed by atoms with Gasteiger partial charge in [-0.25, -0.2) is 18.3 Å². The van der Waals surface area contributed by atoms with Gasteiger partial charge in [0.1, 0.15) is 0 Å². The van der Waals surface area contributed by atoms with Gasteiger partial charge in [-0.3, -0.25) is 0 Å². The highest BCUT2D eigenvalue weighted by molar-refractivity contribution is 7.89. The normalized spacial score (nSPS) is 13.3. The smallest absolute Gasteiger partial charge is 0.229 e. The maximum atomic E-state index is 11.2. The van der Waals surface area contributed by atoms with Crippen molar-refractivity contribution in [3.05, 3.63) is 0 Å². The Hall–Kier alpha value is -0.220. The molecule has 0 atom stereocenters. The SMILES string of the molecule is CC(C)NS(=O)(=O)NCCCS(N)(=O)=O. The highest BCUT2D eigenvalue weighted by Crippen LogP contribution is 1.87. The van der Waals surface area contributed by atoms with Crippen molar-refractivity contribution in [2.75, 3.05) is 12.3 Å². The summed E-state index contributed by atoms with van der Waals surface area (Å²) in [5.74, 6) is -0.239. The first-order chi connectivity index (χ1) is 6.62. The Kier molecular flexibility index (Phi) is 5.67. The van der Waals surface area contributed by atoms with Gasteiger partial charge >= 0.3 is 0 Å². The lowest BCUT2D eigenvalue weighted by Gasteiger charge is -2.09. The quantitative estimate of drug-likeness (QED) is 0.482. The van der Waals surface area contributed by atoms with Gasteiger partial charge in [-0.2, -0.15) is 13.1 Å². The highest BCUT2D eigenvalue weighted by atomic mass is 32.2. The third-order valence-electron chi connectivity index (χ3n) is 1.29. The molecule has 0 saturated heterocycles. The molecule has 92 valence electrons. The summed E-state index contributed by atoms with van der Waals surface area (Å²) in [4.78, 5) is 0. The molecule has 15 heavy (non-hydrogen) atoms. The molecule has 4 N–H and O–H groups in total. The minimum Gasteiger partial charge on any atom is -0.229 e. The lowest BCUT2D eigenvalue weighted by atomic mass is 10.4. The second-order valence-corrected chi connectivity index (χ2v) is 6.66. The van der Waals surface area contributed by atoms with E-state index in [4.69, 9.17) is 5.14 Å². The molecule has 0 fully saturated rings. The van der Waals surface area contributed by atoms with Crippen LogP contribution in [-0.4, -0.2) is 35.2 Å². The average Bonchev–Trinajstić information content (AvgIpc) is 1.93. The molecule has 0 aliphatic rings. The maximum absolute atomic E-state index is 11.2. The lowest BCUT2D eigenvalue weighted by Crippen LogP contribution is -2.41. The number of hydrogen-bond acceptors (Lipinski definition) is 4. The fourth-order valence-corrected chi connectivity index (χ4v) is 2.50. The molecule has 0 amide bonds. The van der Waals surface area contributed by atoms with Crippen molar-refractivity contribution in [1.29, 1.82) is 0 Å². The maximum Gasteiger partial charge on any atom is 0.277 e. The third-order valence-corrected chi connectivity index (χ3v) is 3.51. The van der Waals surface area contributed by atoms with Crippen molar-refractivity contribution in [2.24, 2.45) is 5.14 Å². The summed E-state index contributed by atoms with van der Waals surface area (Å²) < 4.78 is 47.9. The molecular formula is C6H17N3O4S2. The summed E-state index contributed by atoms with van der Waals surface area (Å²) in [6, 6.07) is -0.208. The predicted molar refractivity (Wildman–Crippen MR) is 57.8 cm³/mol. The van der Waals surface area contributed by atoms with E-state index in [0.29, 0.717) is 0 Å². The van der Waals surface area contributed by atoms with Crippen LogP contribution in [0.5, 0.6) is 0 Å². The molecule has 0 bridgehead atoms. The van der Waals surface area contributed by atoms with Crippen LogP contribution >= 0.6 is 0 Å². The Morgan fingerprint density at radius 2 is 1.73 bits per heavy atom. The van der Waals surface area contributed by atoms with Crippen LogP contribution in [0.25, 0.3) is 0 Å². The van der Waals surface area contributed by atoms with Gasteiger partial charge in [0.15, 0.2) is 0 Å². The third kappa shape index (κ3) is 10.1. The van der Waals surface area contributed by atoms with Crippen LogP contribution in [0.15, 0.2) is 0 Å². The second-order valence-electron chi connectivity index (χ2n) is 3.39. The molecule has 0 unspecified atom stereocenters. The summed E-state index contributed by atoms with van der Waals surface area (Å²) in [5, 5.41) is 4.75. The van der Waals surface area contributed by atoms with Crippen LogP contribution in [0.1, 0.15) is 20.3 Å². The largest absolute Gasteiger partial charge is 0.277 e. The van der Waals surface area contributed by atoms with E-state index in [1.54, 1.807) is 13.8 Å². The first-order valence-electron chi connectivity index (χ1n) is 4.40. The van der Waals surface area contributed by atoms with Crippen LogP contribution in [0.2, 0.25) is 0 Å². The molecular weight excluding hydrogens is 242 g/mol. The Labute approximate surface area is 90.7 Å². The Morgan fingerprint density at radius 1 is 1.20 bits per heavy atom. The molecule has 9 heteroatoms. The summed E-state index contributed by atoms with van der Waals surface area (Å²) in [5.41, 5.74) is 0. The minimum absolute atomic E-state index is 0.0402. The van der Waals surface area contributed by atoms with Gasteiger partial charge < -0.3 is 0 Å². The van der Waals surface area contributed by atoms with E-state index in [-0.39, 0.29) is 24.8 Å². The Morgan fingerprint density at radius 3 is 2.13 bits per heavy atom. The van der Waals surface area contributed by atoms with E-state index in [1.165, 1.54) is 0 Å². The molecule has 0 aromatic carbocycles. The van der Waals surface area contributed by atoms with Crippen LogP contribution < -0.4 is 14.6 Å². The first-order valence-corrected chi connectivity index (χ1v) is 7.59. The van der Waals surface area contributed by atoms with Crippen molar-refractivity contribution >= 4 is 20.2 Å². The second kappa shape index (κ2) is 5.75. The summed E-state index contributed by atoms with van der Waals surface area (Å²) in [6.45, 7) is 3.41. The number of sulfonamides is 1. The van der Waals surface area contributed by atoms with Gasteiger partial charge in [-0.1, -0.05) is 0 Å². The number of primary sulfonamides is 1. The van der Waals surface area contributed by atoms with Crippen molar-refractivity contribution < 1.29 is 16.8 Å².